The van der Waals surface area contributed by atoms with Crippen molar-refractivity contribution in [3.05, 3.63) is 34.9 Å². The molecule has 1 aliphatic carbocycles. The van der Waals surface area contributed by atoms with Gasteiger partial charge in [-0.1, -0.05) is 30.7 Å². The lowest BCUT2D eigenvalue weighted by atomic mass is 10.0. The van der Waals surface area contributed by atoms with Crippen LogP contribution in [0.25, 0.3) is 0 Å². The molecule has 0 spiro atoms. The summed E-state index contributed by atoms with van der Waals surface area (Å²) in [6.07, 6.45) is 0. The van der Waals surface area contributed by atoms with Crippen molar-refractivity contribution in [1.82, 2.24) is 0 Å². The summed E-state index contributed by atoms with van der Waals surface area (Å²) in [6.45, 7) is 1.71. The molecular formula is C14H16ClNO3S. The van der Waals surface area contributed by atoms with Crippen LogP contribution in [0.2, 0.25) is 5.02 Å². The fourth-order valence-corrected chi connectivity index (χ4v) is 4.96. The van der Waals surface area contributed by atoms with Gasteiger partial charge in [0.15, 0.2) is 9.84 Å². The number of nitriles is 1. The third kappa shape index (κ3) is 2.32. The lowest BCUT2D eigenvalue weighted by molar-refractivity contribution is 0.162. The highest BCUT2D eigenvalue weighted by Gasteiger charge is 2.71. The average Bonchev–Trinajstić information content (AvgIpc) is 3.10. The van der Waals surface area contributed by atoms with Crippen molar-refractivity contribution in [2.75, 3.05) is 19.5 Å². The van der Waals surface area contributed by atoms with E-state index in [1.54, 1.807) is 31.2 Å². The van der Waals surface area contributed by atoms with Crippen LogP contribution >= 0.6 is 11.6 Å². The van der Waals surface area contributed by atoms with Crippen molar-refractivity contribution >= 4 is 21.4 Å². The van der Waals surface area contributed by atoms with Crippen molar-refractivity contribution in [1.29, 1.82) is 5.26 Å². The van der Waals surface area contributed by atoms with Crippen LogP contribution in [-0.4, -0.2) is 33.1 Å². The molecule has 2 rings (SSSR count). The molecule has 0 amide bonds. The number of rotatable bonds is 5. The minimum atomic E-state index is -3.31. The van der Waals surface area contributed by atoms with Crippen LogP contribution in [0, 0.1) is 16.7 Å². The first-order chi connectivity index (χ1) is 9.43. The second kappa shape index (κ2) is 5.36. The van der Waals surface area contributed by atoms with E-state index >= 15 is 0 Å². The third-order valence-electron chi connectivity index (χ3n) is 3.87. The molecule has 0 radical (unpaired) electrons. The van der Waals surface area contributed by atoms with Crippen LogP contribution in [-0.2, 0) is 14.6 Å². The van der Waals surface area contributed by atoms with E-state index in [9.17, 15) is 13.7 Å². The fourth-order valence-electron chi connectivity index (χ4n) is 2.83. The normalized spacial score (nSPS) is 28.9. The zero-order valence-corrected chi connectivity index (χ0v) is 12.9. The number of hydrogen-bond donors (Lipinski definition) is 0. The number of nitrogens with zero attached hydrogens (tertiary/aromatic N) is 1. The van der Waals surface area contributed by atoms with Crippen LogP contribution in [0.1, 0.15) is 18.4 Å². The van der Waals surface area contributed by atoms with E-state index < -0.39 is 20.5 Å². The first kappa shape index (κ1) is 15.3. The molecule has 1 fully saturated rings. The van der Waals surface area contributed by atoms with E-state index in [-0.39, 0.29) is 18.3 Å². The van der Waals surface area contributed by atoms with Crippen LogP contribution in [0.4, 0.5) is 0 Å². The van der Waals surface area contributed by atoms with E-state index in [2.05, 4.69) is 6.07 Å². The van der Waals surface area contributed by atoms with Gasteiger partial charge in [-0.3, -0.25) is 0 Å². The van der Waals surface area contributed by atoms with Gasteiger partial charge in [-0.15, -0.1) is 0 Å². The van der Waals surface area contributed by atoms with Crippen molar-refractivity contribution in [3.63, 3.8) is 0 Å². The smallest absolute Gasteiger partial charge is 0.155 e. The molecular weight excluding hydrogens is 298 g/mol. The Morgan fingerprint density at radius 3 is 2.45 bits per heavy atom. The Morgan fingerprint density at radius 1 is 1.40 bits per heavy atom. The number of benzene rings is 1. The van der Waals surface area contributed by atoms with Crippen molar-refractivity contribution < 1.29 is 13.2 Å². The molecule has 0 N–H and O–H groups in total. The monoisotopic (exact) mass is 313 g/mol. The number of sulfone groups is 1. The lowest BCUT2D eigenvalue weighted by Crippen LogP contribution is -2.20. The molecule has 3 unspecified atom stereocenters. The Balaban J connectivity index is 2.45. The first-order valence-electron chi connectivity index (χ1n) is 6.30. The van der Waals surface area contributed by atoms with Gasteiger partial charge in [0.1, 0.15) is 5.41 Å². The van der Waals surface area contributed by atoms with Crippen molar-refractivity contribution in [2.45, 2.75) is 18.1 Å². The number of halogens is 1. The van der Waals surface area contributed by atoms with Gasteiger partial charge in [-0.25, -0.2) is 8.42 Å². The Hall–Kier alpha value is -1.09. The highest BCUT2D eigenvalue weighted by Crippen LogP contribution is 2.62. The molecule has 0 aromatic heterocycles. The topological polar surface area (TPSA) is 67.2 Å². The summed E-state index contributed by atoms with van der Waals surface area (Å²) in [5.41, 5.74) is -0.174. The van der Waals surface area contributed by atoms with Crippen LogP contribution in [0.3, 0.4) is 0 Å². The number of methoxy groups -OCH3 is 1. The molecule has 0 saturated heterocycles. The molecule has 108 valence electrons. The molecule has 0 heterocycles. The average molecular weight is 314 g/mol. The van der Waals surface area contributed by atoms with Gasteiger partial charge in [0.25, 0.3) is 0 Å². The molecule has 1 aromatic rings. The number of hydrogen-bond acceptors (Lipinski definition) is 4. The summed E-state index contributed by atoms with van der Waals surface area (Å²) in [6, 6.07) is 9.14. The summed E-state index contributed by atoms with van der Waals surface area (Å²) in [5, 5.41) is 9.36. The lowest BCUT2D eigenvalue weighted by Gasteiger charge is -2.07. The molecule has 1 aliphatic rings. The third-order valence-corrected chi connectivity index (χ3v) is 6.39. The van der Waals surface area contributed by atoms with Gasteiger partial charge < -0.3 is 4.74 Å². The maximum absolute atomic E-state index is 12.2. The van der Waals surface area contributed by atoms with Gasteiger partial charge >= 0.3 is 0 Å². The molecule has 1 aromatic carbocycles. The fraction of sp³-hybridized carbons (Fsp3) is 0.500. The van der Waals surface area contributed by atoms with Gasteiger partial charge in [0.05, 0.1) is 17.9 Å². The minimum absolute atomic E-state index is 0.0227. The summed E-state index contributed by atoms with van der Waals surface area (Å²) in [7, 11) is -1.83. The van der Waals surface area contributed by atoms with Crippen LogP contribution in [0.15, 0.2) is 24.3 Å². The summed E-state index contributed by atoms with van der Waals surface area (Å²) in [5.74, 6) is -0.329. The first-order valence-corrected chi connectivity index (χ1v) is 8.39. The largest absolute Gasteiger partial charge is 0.383 e. The van der Waals surface area contributed by atoms with E-state index in [0.29, 0.717) is 5.02 Å². The molecule has 0 aliphatic heterocycles. The predicted molar refractivity (Wildman–Crippen MR) is 77.4 cm³/mol. The van der Waals surface area contributed by atoms with Crippen LogP contribution < -0.4 is 0 Å². The second-order valence-corrected chi connectivity index (χ2v) is 7.83. The van der Waals surface area contributed by atoms with Gasteiger partial charge in [-0.2, -0.15) is 5.26 Å². The van der Waals surface area contributed by atoms with E-state index in [4.69, 9.17) is 16.3 Å². The van der Waals surface area contributed by atoms with Crippen LogP contribution in [0.5, 0.6) is 0 Å². The minimum Gasteiger partial charge on any atom is -0.383 e. The maximum atomic E-state index is 12.2. The summed E-state index contributed by atoms with van der Waals surface area (Å²) in [4.78, 5) is 0. The van der Waals surface area contributed by atoms with Gasteiger partial charge in [0, 0.05) is 23.8 Å². The molecule has 4 nitrogen and oxygen atoms in total. The number of ether oxygens (including phenoxy) is 1. The molecule has 3 atom stereocenters. The molecule has 1 saturated carbocycles. The maximum Gasteiger partial charge on any atom is 0.155 e. The van der Waals surface area contributed by atoms with Crippen molar-refractivity contribution in [3.8, 4) is 6.07 Å². The zero-order chi connectivity index (χ0) is 15.0. The van der Waals surface area contributed by atoms with E-state index in [1.165, 1.54) is 7.11 Å². The Kier molecular flexibility index (Phi) is 4.10. The Morgan fingerprint density at radius 2 is 2.00 bits per heavy atom. The van der Waals surface area contributed by atoms with E-state index in [1.807, 2.05) is 0 Å². The second-order valence-electron chi connectivity index (χ2n) is 4.99. The summed E-state index contributed by atoms with van der Waals surface area (Å²) >= 11 is 5.85. The Labute approximate surface area is 124 Å². The Bertz CT molecular complexity index is 635. The predicted octanol–water partition coefficient (Wildman–Crippen LogP) is 2.40. The molecule has 20 heavy (non-hydrogen) atoms. The van der Waals surface area contributed by atoms with E-state index in [0.717, 1.165) is 5.56 Å². The zero-order valence-electron chi connectivity index (χ0n) is 11.3. The quantitative estimate of drug-likeness (QED) is 0.837. The van der Waals surface area contributed by atoms with Gasteiger partial charge in [0.2, 0.25) is 0 Å². The highest BCUT2D eigenvalue weighted by molar-refractivity contribution is 7.92. The highest BCUT2D eigenvalue weighted by atomic mass is 35.5. The van der Waals surface area contributed by atoms with Crippen molar-refractivity contribution in [2.24, 2.45) is 5.41 Å². The SMILES string of the molecule is CCS(=O)(=O)C1C(c2ccc(Cl)cc2)C1(C#N)COC. The standard InChI is InChI=1S/C14H16ClNO3S/c1-3-20(17,18)13-12(14(13,8-16)9-19-2)10-4-6-11(15)7-5-10/h4-7,12-13H,3,9H2,1-2H3. The molecule has 6 heteroatoms. The van der Waals surface area contributed by atoms with Gasteiger partial charge in [-0.05, 0) is 17.7 Å². The summed E-state index contributed by atoms with van der Waals surface area (Å²) < 4.78 is 29.6. The molecule has 0 bridgehead atoms.